The number of nitrogens with zero attached hydrogens (tertiary/aromatic N) is 2. The normalized spacial score (nSPS) is 23.9. The molecule has 0 N–H and O–H groups in total. The van der Waals surface area contributed by atoms with Crippen LogP contribution in [-0.4, -0.2) is 30.7 Å². The van der Waals surface area contributed by atoms with Gasteiger partial charge in [0, 0.05) is 31.0 Å². The predicted molar refractivity (Wildman–Crippen MR) is 55.5 cm³/mol. The molecule has 0 aromatic carbocycles. The monoisotopic (exact) mass is 206 g/mol. The number of ether oxygens (including phenoxy) is 2. The van der Waals surface area contributed by atoms with Gasteiger partial charge in [-0.1, -0.05) is 0 Å². The van der Waals surface area contributed by atoms with E-state index in [-0.39, 0.29) is 0 Å². The SMILES string of the molecule is c1cc(N2CCCC23OCCO3)ccn1. The van der Waals surface area contributed by atoms with Crippen LogP contribution in [0.15, 0.2) is 24.5 Å². The molecule has 2 aliphatic heterocycles. The van der Waals surface area contributed by atoms with Gasteiger partial charge in [0.2, 0.25) is 0 Å². The van der Waals surface area contributed by atoms with Crippen molar-refractivity contribution in [3.63, 3.8) is 0 Å². The number of pyridine rings is 1. The molecule has 4 nitrogen and oxygen atoms in total. The molecular formula is C11H14N2O2. The summed E-state index contributed by atoms with van der Waals surface area (Å²) in [6.45, 7) is 2.38. The van der Waals surface area contributed by atoms with E-state index in [4.69, 9.17) is 9.47 Å². The molecule has 0 saturated carbocycles. The summed E-state index contributed by atoms with van der Waals surface area (Å²) in [5, 5.41) is 0. The van der Waals surface area contributed by atoms with Crippen molar-refractivity contribution >= 4 is 5.69 Å². The minimum Gasteiger partial charge on any atom is -0.330 e. The van der Waals surface area contributed by atoms with Crippen molar-refractivity contribution in [2.75, 3.05) is 24.7 Å². The van der Waals surface area contributed by atoms with Crippen LogP contribution in [0.25, 0.3) is 0 Å². The topological polar surface area (TPSA) is 34.6 Å². The number of anilines is 1. The standard InChI is InChI=1S/C11H14N2O2/c1-4-11(14-8-9-15-11)13(7-1)10-2-5-12-6-3-10/h2-3,5-6H,1,4,7-9H2. The Kier molecular flexibility index (Phi) is 2.11. The molecule has 3 heterocycles. The third-order valence-corrected chi connectivity index (χ3v) is 3.00. The summed E-state index contributed by atoms with van der Waals surface area (Å²) in [6, 6.07) is 4.00. The zero-order chi connectivity index (χ0) is 10.1. The van der Waals surface area contributed by atoms with Gasteiger partial charge in [-0.3, -0.25) is 4.98 Å². The lowest BCUT2D eigenvalue weighted by Gasteiger charge is -2.34. The maximum atomic E-state index is 5.75. The van der Waals surface area contributed by atoms with Crippen LogP contribution in [0.5, 0.6) is 0 Å². The van der Waals surface area contributed by atoms with E-state index in [0.717, 1.165) is 25.1 Å². The van der Waals surface area contributed by atoms with E-state index in [1.54, 1.807) is 12.4 Å². The molecule has 0 bridgehead atoms. The van der Waals surface area contributed by atoms with E-state index >= 15 is 0 Å². The smallest absolute Gasteiger partial charge is 0.251 e. The maximum absolute atomic E-state index is 5.75. The first-order valence-corrected chi connectivity index (χ1v) is 5.36. The van der Waals surface area contributed by atoms with Gasteiger partial charge in [-0.05, 0) is 18.6 Å². The van der Waals surface area contributed by atoms with Crippen molar-refractivity contribution < 1.29 is 9.47 Å². The van der Waals surface area contributed by atoms with Gasteiger partial charge in [0.05, 0.1) is 13.2 Å². The summed E-state index contributed by atoms with van der Waals surface area (Å²) >= 11 is 0. The molecule has 1 spiro atoms. The summed E-state index contributed by atoms with van der Waals surface area (Å²) in [5.41, 5.74) is 1.13. The van der Waals surface area contributed by atoms with Crippen molar-refractivity contribution in [1.29, 1.82) is 0 Å². The minimum absolute atomic E-state index is 0.485. The molecule has 4 heteroatoms. The van der Waals surface area contributed by atoms with Crippen LogP contribution >= 0.6 is 0 Å². The molecule has 2 saturated heterocycles. The minimum atomic E-state index is -0.485. The predicted octanol–water partition coefficient (Wildman–Crippen LogP) is 1.38. The summed E-state index contributed by atoms with van der Waals surface area (Å²) < 4.78 is 11.5. The lowest BCUT2D eigenvalue weighted by Crippen LogP contribution is -2.45. The van der Waals surface area contributed by atoms with Crippen molar-refractivity contribution in [3.05, 3.63) is 24.5 Å². The first-order chi connectivity index (χ1) is 7.41. The van der Waals surface area contributed by atoms with Gasteiger partial charge in [-0.25, -0.2) is 0 Å². The third-order valence-electron chi connectivity index (χ3n) is 3.00. The molecule has 15 heavy (non-hydrogen) atoms. The Balaban J connectivity index is 1.92. The van der Waals surface area contributed by atoms with Crippen LogP contribution in [-0.2, 0) is 9.47 Å². The molecule has 2 fully saturated rings. The molecule has 1 aromatic heterocycles. The van der Waals surface area contributed by atoms with Crippen LogP contribution in [0.3, 0.4) is 0 Å². The van der Waals surface area contributed by atoms with Crippen molar-refractivity contribution in [2.24, 2.45) is 0 Å². The second-order valence-electron chi connectivity index (χ2n) is 3.87. The number of hydrogen-bond acceptors (Lipinski definition) is 4. The summed E-state index contributed by atoms with van der Waals surface area (Å²) in [6.07, 6.45) is 5.67. The van der Waals surface area contributed by atoms with Gasteiger partial charge in [0.25, 0.3) is 5.91 Å². The fourth-order valence-corrected chi connectivity index (χ4v) is 2.36. The zero-order valence-electron chi connectivity index (χ0n) is 8.56. The molecule has 0 atom stereocenters. The van der Waals surface area contributed by atoms with E-state index in [1.807, 2.05) is 12.1 Å². The number of aromatic nitrogens is 1. The average molecular weight is 206 g/mol. The molecule has 3 rings (SSSR count). The maximum Gasteiger partial charge on any atom is 0.251 e. The van der Waals surface area contributed by atoms with Crippen molar-refractivity contribution in [3.8, 4) is 0 Å². The molecule has 0 amide bonds. The van der Waals surface area contributed by atoms with Crippen molar-refractivity contribution in [1.82, 2.24) is 4.98 Å². The van der Waals surface area contributed by atoms with Gasteiger partial charge >= 0.3 is 0 Å². The number of hydrogen-bond donors (Lipinski definition) is 0. The Labute approximate surface area is 88.8 Å². The van der Waals surface area contributed by atoms with Crippen LogP contribution in [0.1, 0.15) is 12.8 Å². The summed E-state index contributed by atoms with van der Waals surface area (Å²) in [5.74, 6) is -0.485. The van der Waals surface area contributed by atoms with Gasteiger partial charge in [0.15, 0.2) is 0 Å². The highest BCUT2D eigenvalue weighted by Gasteiger charge is 2.46. The van der Waals surface area contributed by atoms with E-state index in [1.165, 1.54) is 0 Å². The molecule has 1 aromatic rings. The second-order valence-corrected chi connectivity index (χ2v) is 3.87. The Hall–Kier alpha value is -1.13. The van der Waals surface area contributed by atoms with Gasteiger partial charge in [0.1, 0.15) is 0 Å². The largest absolute Gasteiger partial charge is 0.330 e. The van der Waals surface area contributed by atoms with E-state index in [2.05, 4.69) is 9.88 Å². The van der Waals surface area contributed by atoms with Crippen LogP contribution in [0.2, 0.25) is 0 Å². The Bertz CT molecular complexity index is 330. The highest BCUT2D eigenvalue weighted by Crippen LogP contribution is 2.38. The first-order valence-electron chi connectivity index (χ1n) is 5.36. The van der Waals surface area contributed by atoms with Gasteiger partial charge in [-0.2, -0.15) is 0 Å². The van der Waals surface area contributed by atoms with Crippen LogP contribution in [0.4, 0.5) is 5.69 Å². The molecule has 2 aliphatic rings. The van der Waals surface area contributed by atoms with E-state index in [9.17, 15) is 0 Å². The zero-order valence-corrected chi connectivity index (χ0v) is 8.56. The Morgan fingerprint density at radius 3 is 2.67 bits per heavy atom. The summed E-state index contributed by atoms with van der Waals surface area (Å²) in [7, 11) is 0. The summed E-state index contributed by atoms with van der Waals surface area (Å²) in [4.78, 5) is 6.22. The molecule has 0 aliphatic carbocycles. The van der Waals surface area contributed by atoms with E-state index < -0.39 is 5.91 Å². The molecule has 80 valence electrons. The van der Waals surface area contributed by atoms with Crippen LogP contribution < -0.4 is 4.90 Å². The Morgan fingerprint density at radius 1 is 1.20 bits per heavy atom. The van der Waals surface area contributed by atoms with Crippen molar-refractivity contribution in [2.45, 2.75) is 18.8 Å². The molecular weight excluding hydrogens is 192 g/mol. The van der Waals surface area contributed by atoms with Crippen LogP contribution in [0, 0.1) is 0 Å². The third kappa shape index (κ3) is 1.41. The fraction of sp³-hybridized carbons (Fsp3) is 0.545. The quantitative estimate of drug-likeness (QED) is 0.695. The highest BCUT2D eigenvalue weighted by atomic mass is 16.8. The number of rotatable bonds is 1. The molecule has 0 radical (unpaired) electrons. The lowest BCUT2D eigenvalue weighted by molar-refractivity contribution is -0.146. The van der Waals surface area contributed by atoms with Gasteiger partial charge < -0.3 is 14.4 Å². The molecule has 0 unspecified atom stereocenters. The Morgan fingerprint density at radius 2 is 1.93 bits per heavy atom. The van der Waals surface area contributed by atoms with Gasteiger partial charge in [-0.15, -0.1) is 0 Å². The first kappa shape index (κ1) is 9.12. The fourth-order valence-electron chi connectivity index (χ4n) is 2.36. The highest BCUT2D eigenvalue weighted by molar-refractivity contribution is 5.47. The van der Waals surface area contributed by atoms with E-state index in [0.29, 0.717) is 13.2 Å². The average Bonchev–Trinajstić information content (AvgIpc) is 2.91. The second kappa shape index (κ2) is 3.47. The lowest BCUT2D eigenvalue weighted by atomic mass is 10.3.